The molecule has 0 bridgehead atoms. The molecule has 0 aliphatic rings. The third kappa shape index (κ3) is 7.38. The quantitative estimate of drug-likeness (QED) is 0.452. The van der Waals surface area contributed by atoms with Crippen molar-refractivity contribution in [3.8, 4) is 5.75 Å². The lowest BCUT2D eigenvalue weighted by molar-refractivity contribution is -0.139. The molecule has 9 heteroatoms. The maximum absolute atomic E-state index is 13.2. The predicted molar refractivity (Wildman–Crippen MR) is 104 cm³/mol. The van der Waals surface area contributed by atoms with Crippen molar-refractivity contribution in [2.75, 3.05) is 11.9 Å². The Morgan fingerprint density at radius 1 is 1.07 bits per heavy atom. The summed E-state index contributed by atoms with van der Waals surface area (Å²) in [5.74, 6) is -2.52. The van der Waals surface area contributed by atoms with E-state index in [1.165, 1.54) is 6.07 Å². The molecule has 156 valence electrons. The molecule has 0 aliphatic heterocycles. The van der Waals surface area contributed by atoms with E-state index in [1.54, 1.807) is 24.3 Å². The summed E-state index contributed by atoms with van der Waals surface area (Å²) in [6, 6.07) is 8.19. The zero-order valence-corrected chi connectivity index (χ0v) is 15.7. The van der Waals surface area contributed by atoms with E-state index < -0.39 is 29.7 Å². The number of carbonyl (C=O) groups is 2. The number of urea groups is 1. The lowest BCUT2D eigenvalue weighted by Gasteiger charge is -2.15. The van der Waals surface area contributed by atoms with Crippen LogP contribution in [0.15, 0.2) is 42.5 Å². The third-order valence-electron chi connectivity index (χ3n) is 4.05. The first-order valence-electron chi connectivity index (χ1n) is 9.06. The van der Waals surface area contributed by atoms with Crippen molar-refractivity contribution in [3.63, 3.8) is 0 Å². The second-order valence-electron chi connectivity index (χ2n) is 6.34. The van der Waals surface area contributed by atoms with Gasteiger partial charge in [-0.2, -0.15) is 0 Å². The molecule has 2 rings (SSSR count). The maximum Gasteiger partial charge on any atom is 0.326 e. The molecule has 0 saturated heterocycles. The van der Waals surface area contributed by atoms with Gasteiger partial charge in [-0.15, -0.1) is 0 Å². The molecule has 7 nitrogen and oxygen atoms in total. The first-order valence-corrected chi connectivity index (χ1v) is 9.06. The summed E-state index contributed by atoms with van der Waals surface area (Å²) >= 11 is 0. The molecule has 0 aromatic heterocycles. The van der Waals surface area contributed by atoms with Crippen LogP contribution >= 0.6 is 0 Å². The lowest BCUT2D eigenvalue weighted by Crippen LogP contribution is -2.43. The summed E-state index contributed by atoms with van der Waals surface area (Å²) in [6.07, 6.45) is 1.56. The van der Waals surface area contributed by atoms with Crippen LogP contribution in [-0.2, 0) is 11.4 Å². The summed E-state index contributed by atoms with van der Waals surface area (Å²) in [5, 5.41) is 14.1. The highest BCUT2D eigenvalue weighted by Gasteiger charge is 2.19. The zero-order valence-electron chi connectivity index (χ0n) is 15.7. The number of benzene rings is 2. The number of ether oxygens (including phenoxy) is 1. The first kappa shape index (κ1) is 22.1. The van der Waals surface area contributed by atoms with Gasteiger partial charge in [-0.1, -0.05) is 6.07 Å². The molecule has 0 saturated carbocycles. The van der Waals surface area contributed by atoms with Crippen molar-refractivity contribution in [2.24, 2.45) is 5.73 Å². The highest BCUT2D eigenvalue weighted by Crippen LogP contribution is 2.18. The minimum absolute atomic E-state index is 0.0492. The standard InChI is InChI=1S/C20H23F2N3O4/c21-16-9-4-13(11-17(16)22)12-29-15-7-5-14(6-8-15)24-20(28)25-18(19(26)27)3-1-2-10-23/h4-9,11,18H,1-3,10,12,23H2,(H,26,27)(H2,24,25,28)/t18-/m0/s1. The predicted octanol–water partition coefficient (Wildman–Crippen LogP) is 3.25. The van der Waals surface area contributed by atoms with Gasteiger partial charge in [-0.25, -0.2) is 18.4 Å². The second-order valence-corrected chi connectivity index (χ2v) is 6.34. The van der Waals surface area contributed by atoms with Gasteiger partial charge in [0.1, 0.15) is 18.4 Å². The molecule has 0 fully saturated rings. The van der Waals surface area contributed by atoms with E-state index in [-0.39, 0.29) is 13.0 Å². The summed E-state index contributed by atoms with van der Waals surface area (Å²) in [5.41, 5.74) is 6.30. The van der Waals surface area contributed by atoms with E-state index in [0.29, 0.717) is 36.4 Å². The van der Waals surface area contributed by atoms with Gasteiger partial charge in [-0.3, -0.25) is 0 Å². The topological polar surface area (TPSA) is 114 Å². The second kappa shape index (κ2) is 11.0. The van der Waals surface area contributed by atoms with Crippen LogP contribution in [0, 0.1) is 11.6 Å². The fourth-order valence-electron chi connectivity index (χ4n) is 2.51. The van der Waals surface area contributed by atoms with Gasteiger partial charge in [0.2, 0.25) is 0 Å². The average Bonchev–Trinajstić information content (AvgIpc) is 2.69. The van der Waals surface area contributed by atoms with Crippen molar-refractivity contribution >= 4 is 17.7 Å². The summed E-state index contributed by atoms with van der Waals surface area (Å²) in [4.78, 5) is 23.2. The van der Waals surface area contributed by atoms with Crippen molar-refractivity contribution in [3.05, 3.63) is 59.7 Å². The van der Waals surface area contributed by atoms with Gasteiger partial charge in [0.15, 0.2) is 11.6 Å². The van der Waals surface area contributed by atoms with Gasteiger partial charge < -0.3 is 26.2 Å². The van der Waals surface area contributed by atoms with Crippen LogP contribution in [0.5, 0.6) is 5.75 Å². The lowest BCUT2D eigenvalue weighted by atomic mass is 10.1. The molecule has 0 unspecified atom stereocenters. The number of hydrogen-bond donors (Lipinski definition) is 4. The molecule has 0 aliphatic carbocycles. The Morgan fingerprint density at radius 2 is 1.79 bits per heavy atom. The Bertz CT molecular complexity index is 831. The SMILES string of the molecule is NCCCC[C@H](NC(=O)Nc1ccc(OCc2ccc(F)c(F)c2)cc1)C(=O)O. The molecular formula is C20H23F2N3O4. The van der Waals surface area contributed by atoms with E-state index in [1.807, 2.05) is 0 Å². The van der Waals surface area contributed by atoms with Gasteiger partial charge in [0.25, 0.3) is 0 Å². The zero-order chi connectivity index (χ0) is 21.2. The molecule has 5 N–H and O–H groups in total. The van der Waals surface area contributed by atoms with Crippen molar-refractivity contribution in [2.45, 2.75) is 31.9 Å². The maximum atomic E-state index is 13.2. The van der Waals surface area contributed by atoms with Crippen LogP contribution < -0.4 is 21.1 Å². The highest BCUT2D eigenvalue weighted by atomic mass is 19.2. The summed E-state index contributed by atoms with van der Waals surface area (Å²) in [7, 11) is 0. The molecule has 1 atom stereocenters. The average molecular weight is 407 g/mol. The fraction of sp³-hybridized carbons (Fsp3) is 0.300. The Kier molecular flexibility index (Phi) is 8.35. The summed E-state index contributed by atoms with van der Waals surface area (Å²) < 4.78 is 31.6. The van der Waals surface area contributed by atoms with Crippen LogP contribution in [-0.4, -0.2) is 29.7 Å². The van der Waals surface area contributed by atoms with Crippen LogP contribution in [0.25, 0.3) is 0 Å². The van der Waals surface area contributed by atoms with Crippen LogP contribution in [0.2, 0.25) is 0 Å². The third-order valence-corrected chi connectivity index (χ3v) is 4.05. The van der Waals surface area contributed by atoms with Gasteiger partial charge in [0.05, 0.1) is 0 Å². The number of amides is 2. The Morgan fingerprint density at radius 3 is 2.41 bits per heavy atom. The number of carboxylic acids is 1. The molecule has 2 aromatic carbocycles. The molecular weight excluding hydrogens is 384 g/mol. The minimum atomic E-state index is -1.11. The number of aliphatic carboxylic acids is 1. The van der Waals surface area contributed by atoms with Gasteiger partial charge >= 0.3 is 12.0 Å². The molecule has 0 spiro atoms. The van der Waals surface area contributed by atoms with Crippen molar-refractivity contribution < 1.29 is 28.2 Å². The molecule has 2 amide bonds. The fourth-order valence-corrected chi connectivity index (χ4v) is 2.51. The van der Waals surface area contributed by atoms with Crippen LogP contribution in [0.4, 0.5) is 19.3 Å². The van der Waals surface area contributed by atoms with E-state index in [2.05, 4.69) is 10.6 Å². The first-order chi connectivity index (χ1) is 13.9. The van der Waals surface area contributed by atoms with E-state index in [0.717, 1.165) is 12.1 Å². The minimum Gasteiger partial charge on any atom is -0.489 e. The smallest absolute Gasteiger partial charge is 0.326 e. The molecule has 0 radical (unpaired) electrons. The summed E-state index contributed by atoms with van der Waals surface area (Å²) in [6.45, 7) is 0.511. The number of carbonyl (C=O) groups excluding carboxylic acids is 1. The molecule has 29 heavy (non-hydrogen) atoms. The molecule has 2 aromatic rings. The number of carboxylic acid groups (broad SMARTS) is 1. The van der Waals surface area contributed by atoms with Crippen molar-refractivity contribution in [1.29, 1.82) is 0 Å². The number of nitrogens with two attached hydrogens (primary N) is 1. The van der Waals surface area contributed by atoms with E-state index in [9.17, 15) is 23.5 Å². The van der Waals surface area contributed by atoms with Gasteiger partial charge in [-0.05, 0) is 67.8 Å². The van der Waals surface area contributed by atoms with Crippen LogP contribution in [0.1, 0.15) is 24.8 Å². The van der Waals surface area contributed by atoms with Gasteiger partial charge in [0, 0.05) is 5.69 Å². The number of unbranched alkanes of at least 4 members (excludes halogenated alkanes) is 1. The Hall–Kier alpha value is -3.20. The number of halogens is 2. The van der Waals surface area contributed by atoms with Crippen molar-refractivity contribution in [1.82, 2.24) is 5.32 Å². The normalized spacial score (nSPS) is 11.6. The highest BCUT2D eigenvalue weighted by molar-refractivity contribution is 5.92. The largest absolute Gasteiger partial charge is 0.489 e. The Labute approximate surface area is 166 Å². The number of nitrogens with one attached hydrogen (secondary N) is 2. The number of hydrogen-bond acceptors (Lipinski definition) is 4. The van der Waals surface area contributed by atoms with Crippen LogP contribution in [0.3, 0.4) is 0 Å². The Balaban J connectivity index is 1.84. The van der Waals surface area contributed by atoms with E-state index in [4.69, 9.17) is 10.5 Å². The monoisotopic (exact) mass is 407 g/mol. The van der Waals surface area contributed by atoms with E-state index >= 15 is 0 Å². The number of anilines is 1. The number of rotatable bonds is 10. The molecule has 0 heterocycles.